The van der Waals surface area contributed by atoms with Crippen LogP contribution in [-0.2, 0) is 14.8 Å². The zero-order chi connectivity index (χ0) is 12.1. The Balaban J connectivity index is 4.41. The van der Waals surface area contributed by atoms with Gasteiger partial charge in [0.25, 0.3) is 0 Å². The van der Waals surface area contributed by atoms with Gasteiger partial charge in [0.15, 0.2) is 0 Å². The van der Waals surface area contributed by atoms with Gasteiger partial charge >= 0.3 is 0 Å². The first kappa shape index (κ1) is 14.4. The van der Waals surface area contributed by atoms with E-state index in [1.807, 2.05) is 13.8 Å². The number of carbonyl (C=O) groups is 1. The fourth-order valence-electron chi connectivity index (χ4n) is 1.12. The second-order valence-corrected chi connectivity index (χ2v) is 5.81. The van der Waals surface area contributed by atoms with Gasteiger partial charge in [-0.2, -0.15) is 4.31 Å². The lowest BCUT2D eigenvalue weighted by Crippen LogP contribution is -2.43. The lowest BCUT2D eigenvalue weighted by molar-refractivity contribution is -0.121. The molecule has 0 fully saturated rings. The van der Waals surface area contributed by atoms with Crippen LogP contribution < -0.4 is 5.32 Å². The molecule has 90 valence electrons. The molecule has 0 radical (unpaired) electrons. The van der Waals surface area contributed by atoms with Gasteiger partial charge in [0.05, 0.1) is 12.3 Å². The minimum atomic E-state index is -3.27. The van der Waals surface area contributed by atoms with E-state index in [9.17, 15) is 13.2 Å². The molecule has 0 aliphatic carbocycles. The molecule has 1 N–H and O–H groups in total. The third-order valence-electron chi connectivity index (χ3n) is 1.88. The molecule has 0 aliphatic heterocycles. The first-order valence-electron chi connectivity index (χ1n) is 5.10. The smallest absolute Gasteiger partial charge is 0.235 e. The summed E-state index contributed by atoms with van der Waals surface area (Å²) in [5.41, 5.74) is 0. The van der Waals surface area contributed by atoms with Crippen molar-refractivity contribution in [1.82, 2.24) is 9.62 Å². The second-order valence-electron chi connectivity index (χ2n) is 3.55. The van der Waals surface area contributed by atoms with Gasteiger partial charge in [-0.25, -0.2) is 8.42 Å². The zero-order valence-electron chi connectivity index (χ0n) is 9.78. The molecule has 0 saturated heterocycles. The van der Waals surface area contributed by atoms with E-state index in [-0.39, 0.29) is 24.2 Å². The molecule has 0 atom stereocenters. The Labute approximate surface area is 91.9 Å². The average Bonchev–Trinajstić information content (AvgIpc) is 2.12. The summed E-state index contributed by atoms with van der Waals surface area (Å²) < 4.78 is 24.2. The first-order valence-corrected chi connectivity index (χ1v) is 6.71. The van der Waals surface area contributed by atoms with Crippen molar-refractivity contribution in [3.05, 3.63) is 0 Å². The molecule has 0 aromatic rings. The monoisotopic (exact) mass is 236 g/mol. The van der Waals surface area contributed by atoms with Gasteiger partial charge in [-0.05, 0) is 20.8 Å². The molecule has 6 heteroatoms. The highest BCUT2D eigenvalue weighted by atomic mass is 32.2. The number of likely N-dealkylation sites (N-methyl/N-ethyl adjacent to an activating group) is 1. The molecule has 0 bridgehead atoms. The third-order valence-corrected chi connectivity index (χ3v) is 3.78. The van der Waals surface area contributed by atoms with Crippen LogP contribution in [0.5, 0.6) is 0 Å². The predicted molar refractivity (Wildman–Crippen MR) is 60.0 cm³/mol. The van der Waals surface area contributed by atoms with Crippen molar-refractivity contribution >= 4 is 15.9 Å². The summed E-state index contributed by atoms with van der Waals surface area (Å²) in [5.74, 6) is -0.237. The van der Waals surface area contributed by atoms with Gasteiger partial charge in [-0.15, -0.1) is 0 Å². The molecule has 0 aliphatic rings. The lowest BCUT2D eigenvalue weighted by Gasteiger charge is -2.19. The fraction of sp³-hybridized carbons (Fsp3) is 0.889. The SMILES string of the molecule is CCN(CC(=O)NC(C)C)S(=O)(=O)CC. The van der Waals surface area contributed by atoms with Crippen molar-refractivity contribution in [2.24, 2.45) is 0 Å². The summed E-state index contributed by atoms with van der Waals surface area (Å²) >= 11 is 0. The normalized spacial score (nSPS) is 12.1. The summed E-state index contributed by atoms with van der Waals surface area (Å²) in [4.78, 5) is 11.4. The molecule has 1 amide bonds. The van der Waals surface area contributed by atoms with E-state index >= 15 is 0 Å². The number of nitrogens with zero attached hydrogens (tertiary/aromatic N) is 1. The quantitative estimate of drug-likeness (QED) is 0.715. The van der Waals surface area contributed by atoms with Crippen LogP contribution >= 0.6 is 0 Å². The van der Waals surface area contributed by atoms with Crippen LogP contribution in [0, 0.1) is 0 Å². The Kier molecular flexibility index (Phi) is 5.82. The number of nitrogens with one attached hydrogen (secondary N) is 1. The van der Waals surface area contributed by atoms with Gasteiger partial charge in [0.1, 0.15) is 0 Å². The summed E-state index contributed by atoms with van der Waals surface area (Å²) in [7, 11) is -3.27. The maximum atomic E-state index is 11.5. The van der Waals surface area contributed by atoms with Gasteiger partial charge in [-0.3, -0.25) is 4.79 Å². The lowest BCUT2D eigenvalue weighted by atomic mass is 10.4. The summed E-state index contributed by atoms with van der Waals surface area (Å²) in [5, 5.41) is 2.66. The van der Waals surface area contributed by atoms with E-state index in [1.54, 1.807) is 13.8 Å². The van der Waals surface area contributed by atoms with E-state index in [0.29, 0.717) is 6.54 Å². The van der Waals surface area contributed by atoms with Gasteiger partial charge in [-0.1, -0.05) is 6.92 Å². The van der Waals surface area contributed by atoms with E-state index in [4.69, 9.17) is 0 Å². The number of sulfonamides is 1. The van der Waals surface area contributed by atoms with Crippen molar-refractivity contribution in [2.75, 3.05) is 18.8 Å². The van der Waals surface area contributed by atoms with Crippen LogP contribution in [0.1, 0.15) is 27.7 Å². The zero-order valence-corrected chi connectivity index (χ0v) is 10.6. The fourth-order valence-corrected chi connectivity index (χ4v) is 2.19. The van der Waals surface area contributed by atoms with Crippen molar-refractivity contribution in [1.29, 1.82) is 0 Å². The van der Waals surface area contributed by atoms with E-state index < -0.39 is 10.0 Å². The molecular formula is C9H20N2O3S. The Morgan fingerprint density at radius 1 is 1.33 bits per heavy atom. The molecule has 5 nitrogen and oxygen atoms in total. The number of carbonyl (C=O) groups excluding carboxylic acids is 1. The number of rotatable bonds is 6. The molecular weight excluding hydrogens is 216 g/mol. The Bertz CT molecular complexity index is 298. The van der Waals surface area contributed by atoms with Crippen LogP contribution in [0.2, 0.25) is 0 Å². The maximum absolute atomic E-state index is 11.5. The van der Waals surface area contributed by atoms with E-state index in [1.165, 1.54) is 4.31 Å². The highest BCUT2D eigenvalue weighted by molar-refractivity contribution is 7.89. The highest BCUT2D eigenvalue weighted by Gasteiger charge is 2.20. The summed E-state index contributed by atoms with van der Waals surface area (Å²) in [6.45, 7) is 7.19. The Morgan fingerprint density at radius 2 is 1.87 bits per heavy atom. The van der Waals surface area contributed by atoms with E-state index in [2.05, 4.69) is 5.32 Å². The van der Waals surface area contributed by atoms with Gasteiger partial charge < -0.3 is 5.32 Å². The van der Waals surface area contributed by atoms with Crippen LogP contribution in [0.3, 0.4) is 0 Å². The van der Waals surface area contributed by atoms with Gasteiger partial charge in [0.2, 0.25) is 15.9 Å². The number of hydrogen-bond acceptors (Lipinski definition) is 3. The van der Waals surface area contributed by atoms with Crippen LogP contribution in [0.25, 0.3) is 0 Å². The molecule has 0 aromatic heterocycles. The standard InChI is InChI=1S/C9H20N2O3S/c1-5-11(15(13,14)6-2)7-9(12)10-8(3)4/h8H,5-7H2,1-4H3,(H,10,12). The Morgan fingerprint density at radius 3 is 2.20 bits per heavy atom. The minimum Gasteiger partial charge on any atom is -0.353 e. The molecule has 0 unspecified atom stereocenters. The minimum absolute atomic E-state index is 0.0236. The molecule has 0 rings (SSSR count). The highest BCUT2D eigenvalue weighted by Crippen LogP contribution is 2.00. The van der Waals surface area contributed by atoms with Crippen molar-refractivity contribution in [3.8, 4) is 0 Å². The van der Waals surface area contributed by atoms with Crippen molar-refractivity contribution in [3.63, 3.8) is 0 Å². The summed E-state index contributed by atoms with van der Waals surface area (Å²) in [6, 6.07) is 0.0283. The van der Waals surface area contributed by atoms with E-state index in [0.717, 1.165) is 0 Å². The van der Waals surface area contributed by atoms with Crippen molar-refractivity contribution in [2.45, 2.75) is 33.7 Å². The maximum Gasteiger partial charge on any atom is 0.235 e. The average molecular weight is 236 g/mol. The number of hydrogen-bond donors (Lipinski definition) is 1. The molecule has 0 aromatic carbocycles. The van der Waals surface area contributed by atoms with Gasteiger partial charge in [0, 0.05) is 12.6 Å². The van der Waals surface area contributed by atoms with Crippen molar-refractivity contribution < 1.29 is 13.2 Å². The van der Waals surface area contributed by atoms with Crippen LogP contribution in [0.4, 0.5) is 0 Å². The Hall–Kier alpha value is -0.620. The third kappa shape index (κ3) is 5.13. The summed E-state index contributed by atoms with van der Waals surface area (Å²) in [6.07, 6.45) is 0. The molecule has 0 saturated carbocycles. The second kappa shape index (κ2) is 6.07. The topological polar surface area (TPSA) is 66.5 Å². The van der Waals surface area contributed by atoms with Crippen LogP contribution in [-0.4, -0.2) is 43.5 Å². The first-order chi connectivity index (χ1) is 6.83. The predicted octanol–water partition coefficient (Wildman–Crippen LogP) is 0.183. The number of amides is 1. The molecule has 0 heterocycles. The molecule has 15 heavy (non-hydrogen) atoms. The molecule has 0 spiro atoms. The largest absolute Gasteiger partial charge is 0.353 e. The van der Waals surface area contributed by atoms with Crippen LogP contribution in [0.15, 0.2) is 0 Å².